The Morgan fingerprint density at radius 1 is 0.363 bits per heavy atom. The Kier molecular flexibility index (Phi) is 43.3. The molecule has 0 unspecified atom stereocenters. The van der Waals surface area contributed by atoms with Crippen molar-refractivity contribution in [2.45, 2.75) is 140 Å². The molecule has 0 fully saturated rings. The number of esters is 5. The number of hydrogen-bond acceptors (Lipinski definition) is 37. The molecular weight excluding hydrogens is 1990 g/mol. The van der Waals surface area contributed by atoms with Crippen molar-refractivity contribution >= 4 is 251 Å². The van der Waals surface area contributed by atoms with Crippen molar-refractivity contribution in [2.75, 3.05) is 58.3 Å². The fourth-order valence-corrected chi connectivity index (χ4v) is 21.3. The zero-order valence-electron chi connectivity index (χ0n) is 74.1. The number of furan rings is 4. The number of nitrogens with one attached hydrogen (secondary N) is 6. The van der Waals surface area contributed by atoms with Crippen LogP contribution in [-0.2, 0) is 34.9 Å². The van der Waals surface area contributed by atoms with Crippen molar-refractivity contribution in [1.29, 1.82) is 26.3 Å². The molecule has 6 amide bonds. The van der Waals surface area contributed by atoms with E-state index in [9.17, 15) is 57.5 Å². The van der Waals surface area contributed by atoms with Crippen molar-refractivity contribution in [1.82, 2.24) is 0 Å². The first-order valence-electron chi connectivity index (χ1n) is 39.3. The number of carbonyl (C=O) groups excluding carboxylic acids is 12. The first-order chi connectivity index (χ1) is 64.3. The number of nitriles is 5. The molecule has 0 saturated heterocycles. The van der Waals surface area contributed by atoms with Crippen molar-refractivity contribution in [3.05, 3.63) is 235 Å². The van der Waals surface area contributed by atoms with Gasteiger partial charge in [-0.05, 0) is 274 Å². The van der Waals surface area contributed by atoms with E-state index in [0.717, 1.165) is 138 Å². The van der Waals surface area contributed by atoms with Crippen LogP contribution in [0.25, 0.3) is 0 Å². The Morgan fingerprint density at radius 3 is 0.926 bits per heavy atom. The molecule has 0 saturated carbocycles. The van der Waals surface area contributed by atoms with Gasteiger partial charge in [0.15, 0.2) is 28.8 Å². The fourth-order valence-electron chi connectivity index (χ4n) is 10.9. The number of thiocyanates is 5. The summed E-state index contributed by atoms with van der Waals surface area (Å²) in [5.41, 5.74) is 5.62. The van der Waals surface area contributed by atoms with E-state index in [1.807, 2.05) is 58.2 Å². The molecule has 45 heteroatoms. The molecule has 0 aliphatic rings. The molecule has 2 aromatic carbocycles. The number of thiophene rings is 6. The minimum Gasteiger partial charge on any atom is -0.462 e. The zero-order valence-corrected chi connectivity index (χ0v) is 84.6. The predicted octanol–water partition coefficient (Wildman–Crippen LogP) is 24.5. The smallest absolute Gasteiger partial charge is 0.349 e. The maximum absolute atomic E-state index is 12.3. The molecule has 12 rings (SSSR count). The van der Waals surface area contributed by atoms with Crippen LogP contribution in [0.4, 0.5) is 30.0 Å². The Bertz CT molecular complexity index is 6490. The summed E-state index contributed by atoms with van der Waals surface area (Å²) >= 11 is 23.1. The Balaban J connectivity index is 0.000000221. The number of nitrogens with zero attached hydrogens (tertiary/aromatic N) is 5. The van der Waals surface area contributed by atoms with E-state index < -0.39 is 59.1 Å². The molecule has 702 valence electrons. The average Bonchev–Trinajstić information content (AvgIpc) is 1.67. The van der Waals surface area contributed by atoms with Crippen LogP contribution in [0.2, 0.25) is 10.0 Å². The molecule has 135 heavy (non-hydrogen) atoms. The zero-order chi connectivity index (χ0) is 99.5. The minimum atomic E-state index is -0.631. The summed E-state index contributed by atoms with van der Waals surface area (Å²) in [6.45, 7) is 27.1. The lowest BCUT2D eigenvalue weighted by atomic mass is 10.1. The van der Waals surface area contributed by atoms with Gasteiger partial charge in [-0.25, -0.2) is 24.0 Å². The standard InChI is InChI=1S/C18H18N2O3S2.C16H13ClN2O3S2.C16H16N2O4S2.C14H12N2O4S2.C13H12ClNO4S.C13H10N2O3S2/c1-4-23-18(22)16-12(3)15(24-10-19)17(25-16)20-14(21)9-13-7-5-11(2)6-8-13;1-3-22-16(21)13-9(2)12(23-8-18)15(24-13)19-14(20)10-4-6-11(17)7-5-10;1-9-11(23-8-17)14(18-13(19)10-6-5-7-21-10)24-12(9)15(20)22-16(2,3)4;1-3-19-14(18)11-8(2)10(21-7-15)13(22-11)16-12(17)9-5-4-6-20-9;1-3-18-13(17)10-7(2)9(14)12(20-10)15-11(16)8-5-4-6-19-8;1-7-10(8(2)16)20-13(11(7)19-6-14)15-12(17)9-4-3-5-18-9/h5-8H,4,9H2,1-3H3,(H,20,21);4-7H,3H2,1-2H3,(H,19,20);5-7H,1-4H3,(H,18,19);4-6H,3H2,1-2H3,(H,16,17);4-6H,3H2,1-2H3,(H,15,16);3-5H,1-2H3,(H,15,17). The summed E-state index contributed by atoms with van der Waals surface area (Å²) in [5, 5.41) is 74.3. The number of carbonyl (C=O) groups is 12. The van der Waals surface area contributed by atoms with E-state index in [2.05, 4.69) is 31.9 Å². The average molecular weight is 2080 g/mol. The highest BCUT2D eigenvalue weighted by Gasteiger charge is 2.31. The highest BCUT2D eigenvalue weighted by atomic mass is 35.5. The van der Waals surface area contributed by atoms with E-state index in [1.54, 1.807) is 145 Å². The lowest BCUT2D eigenvalue weighted by molar-refractivity contribution is -0.115. The summed E-state index contributed by atoms with van der Waals surface area (Å²) in [5.74, 6) is -4.02. The fraction of sp³-hybridized carbons (Fsp3) is 0.233. The number of amides is 6. The van der Waals surface area contributed by atoms with Gasteiger partial charge in [-0.2, -0.15) is 26.3 Å². The lowest BCUT2D eigenvalue weighted by Crippen LogP contribution is -2.23. The first-order valence-corrected chi connectivity index (χ1v) is 49.1. The summed E-state index contributed by atoms with van der Waals surface area (Å²) in [6, 6.07) is 26.7. The van der Waals surface area contributed by atoms with Crippen molar-refractivity contribution in [3.63, 3.8) is 0 Å². The molecule has 32 nitrogen and oxygen atoms in total. The second-order valence-electron chi connectivity index (χ2n) is 27.6. The molecular formula is C90H81Cl2N11O21S11. The van der Waals surface area contributed by atoms with E-state index >= 15 is 0 Å². The molecule has 0 bridgehead atoms. The van der Waals surface area contributed by atoms with Crippen LogP contribution in [0, 0.1) is 102 Å². The van der Waals surface area contributed by atoms with Crippen LogP contribution < -0.4 is 31.9 Å². The third-order valence-electron chi connectivity index (χ3n) is 17.0. The summed E-state index contributed by atoms with van der Waals surface area (Å²) in [4.78, 5) is 149. The second-order valence-corrected chi connectivity index (χ2v) is 38.5. The number of aryl methyl sites for hydroxylation is 1. The molecule has 0 aliphatic carbocycles. The van der Waals surface area contributed by atoms with E-state index in [0.29, 0.717) is 133 Å². The number of hydrogen-bond donors (Lipinski definition) is 6. The number of ether oxygens (including phenoxy) is 5. The van der Waals surface area contributed by atoms with Crippen LogP contribution in [0.3, 0.4) is 0 Å². The van der Waals surface area contributed by atoms with Gasteiger partial charge in [0, 0.05) is 10.6 Å². The van der Waals surface area contributed by atoms with Gasteiger partial charge in [-0.15, -0.1) is 68.0 Å². The van der Waals surface area contributed by atoms with Gasteiger partial charge in [-0.3, -0.25) is 33.6 Å². The molecule has 6 N–H and O–H groups in total. The van der Waals surface area contributed by atoms with E-state index in [4.69, 9.17) is 90.9 Å². The van der Waals surface area contributed by atoms with Gasteiger partial charge in [-0.1, -0.05) is 53.0 Å². The lowest BCUT2D eigenvalue weighted by Gasteiger charge is -2.19. The topological polar surface area (TPSA) is 495 Å². The van der Waals surface area contributed by atoms with Gasteiger partial charge in [0.1, 0.15) is 87.0 Å². The highest BCUT2D eigenvalue weighted by Crippen LogP contribution is 2.46. The number of benzene rings is 2. The molecule has 12 aromatic rings. The Hall–Kier alpha value is -12.6. The maximum atomic E-state index is 12.3. The molecule has 0 atom stereocenters. The molecule has 0 spiro atoms. The van der Waals surface area contributed by atoms with Crippen molar-refractivity contribution in [3.8, 4) is 27.0 Å². The van der Waals surface area contributed by atoms with Gasteiger partial charge >= 0.3 is 29.8 Å². The quantitative estimate of drug-likeness (QED) is 0.00872. The van der Waals surface area contributed by atoms with E-state index in [-0.39, 0.29) is 73.5 Å². The van der Waals surface area contributed by atoms with Gasteiger partial charge in [0.25, 0.3) is 29.5 Å². The maximum Gasteiger partial charge on any atom is 0.349 e. The largest absolute Gasteiger partial charge is 0.462 e. The number of Topliss-reactive ketones (excluding diaryl/α,β-unsaturated/α-hetero) is 1. The summed E-state index contributed by atoms with van der Waals surface area (Å²) in [6.07, 6.45) is 5.82. The number of ketones is 1. The molecule has 10 heterocycles. The van der Waals surface area contributed by atoms with Gasteiger partial charge < -0.3 is 73.3 Å². The Morgan fingerprint density at radius 2 is 0.637 bits per heavy atom. The SMILES string of the molecule is CC(=O)c1sc(NC(=O)c2ccco2)c(SC#N)c1C.CCOC(=O)c1sc(NC(=O)Cc2ccc(C)cc2)c(SC#N)c1C.CCOC(=O)c1sc(NC(=O)c2ccc(Cl)cc2)c(SC#N)c1C.CCOC(=O)c1sc(NC(=O)c2ccco2)c(Cl)c1C.CCOC(=O)c1sc(NC(=O)c2ccco2)c(SC#N)c1C.Cc1c(C(=O)OC(C)(C)C)sc(NC(=O)c2ccco2)c1SC#N. The molecule has 0 aliphatic heterocycles. The van der Waals surface area contributed by atoms with Crippen LogP contribution in [0.1, 0.15) is 211 Å². The summed E-state index contributed by atoms with van der Waals surface area (Å²) in [7, 11) is 0. The third kappa shape index (κ3) is 31.2. The van der Waals surface area contributed by atoms with Crippen LogP contribution in [0.5, 0.6) is 0 Å². The number of rotatable bonds is 28. The van der Waals surface area contributed by atoms with Crippen molar-refractivity contribution in [2.24, 2.45) is 0 Å². The van der Waals surface area contributed by atoms with Crippen LogP contribution in [0.15, 0.2) is 164 Å². The number of thioether (sulfide) groups is 5. The number of anilines is 6. The van der Waals surface area contributed by atoms with Crippen LogP contribution >= 0.6 is 150 Å². The van der Waals surface area contributed by atoms with Crippen LogP contribution in [-0.4, -0.2) is 103 Å². The Labute approximate surface area is 829 Å². The minimum absolute atomic E-state index is 0.0919. The number of halogens is 2. The van der Waals surface area contributed by atoms with Gasteiger partial charge in [0.2, 0.25) is 5.91 Å². The highest BCUT2D eigenvalue weighted by molar-refractivity contribution is 8.05. The first kappa shape index (κ1) is 109. The van der Waals surface area contributed by atoms with Crippen molar-refractivity contribution < 1.29 is 98.9 Å². The second kappa shape index (κ2) is 53.5. The molecule has 10 aromatic heterocycles. The molecule has 0 radical (unpaired) electrons. The predicted molar refractivity (Wildman–Crippen MR) is 525 cm³/mol. The van der Waals surface area contributed by atoms with Gasteiger partial charge in [0.05, 0.1) is 92.3 Å². The normalized spacial score (nSPS) is 10.3. The summed E-state index contributed by atoms with van der Waals surface area (Å²) < 4.78 is 45.4. The third-order valence-corrected chi connectivity index (χ3v) is 29.7. The van der Waals surface area contributed by atoms with E-state index in [1.165, 1.54) is 50.2 Å². The monoisotopic (exact) mass is 2070 g/mol.